The van der Waals surface area contributed by atoms with Crippen molar-refractivity contribution in [2.75, 3.05) is 0 Å². The van der Waals surface area contributed by atoms with Gasteiger partial charge in [-0.3, -0.25) is 0 Å². The Morgan fingerprint density at radius 2 is 2.05 bits per heavy atom. The molecule has 0 aliphatic rings. The maximum absolute atomic E-state index is 5.77. The van der Waals surface area contributed by atoms with Crippen molar-refractivity contribution in [3.05, 3.63) is 40.5 Å². The summed E-state index contributed by atoms with van der Waals surface area (Å²) in [5.41, 5.74) is 9.61. The van der Waals surface area contributed by atoms with Gasteiger partial charge in [-0.15, -0.1) is 15.3 Å². The molecule has 0 bridgehead atoms. The fourth-order valence-electron chi connectivity index (χ4n) is 2.04. The number of nitrogens with two attached hydrogens (primary N) is 1. The molecule has 0 fully saturated rings. The molecule has 0 aliphatic heterocycles. The molecular weight excluding hydrogens is 272 g/mol. The third-order valence-corrected chi connectivity index (χ3v) is 3.74. The molecule has 2 aromatic heterocycles. The van der Waals surface area contributed by atoms with Gasteiger partial charge in [-0.25, -0.2) is 0 Å². The lowest BCUT2D eigenvalue weighted by molar-refractivity contribution is 0.782. The van der Waals surface area contributed by atoms with Crippen molar-refractivity contribution >= 4 is 11.3 Å². The normalized spacial score (nSPS) is 10.9. The lowest BCUT2D eigenvalue weighted by atomic mass is 10.1. The van der Waals surface area contributed by atoms with Crippen LogP contribution in [0.15, 0.2) is 24.3 Å². The van der Waals surface area contributed by atoms with E-state index >= 15 is 0 Å². The van der Waals surface area contributed by atoms with E-state index in [9.17, 15) is 0 Å². The molecule has 2 heterocycles. The summed E-state index contributed by atoms with van der Waals surface area (Å²) in [6.07, 6.45) is 0. The molecule has 0 saturated carbocycles. The molecule has 0 aliphatic carbocycles. The van der Waals surface area contributed by atoms with Crippen LogP contribution in [0, 0.1) is 13.8 Å². The van der Waals surface area contributed by atoms with Gasteiger partial charge in [0.15, 0.2) is 0 Å². The average Bonchev–Trinajstić information content (AvgIpc) is 3.04. The summed E-state index contributed by atoms with van der Waals surface area (Å²) in [5, 5.41) is 18.1. The molecule has 7 heteroatoms. The zero-order valence-electron chi connectivity index (χ0n) is 11.2. The van der Waals surface area contributed by atoms with Crippen LogP contribution in [0.1, 0.15) is 16.3 Å². The van der Waals surface area contributed by atoms with E-state index in [-0.39, 0.29) is 0 Å². The van der Waals surface area contributed by atoms with Crippen LogP contribution in [0.5, 0.6) is 0 Å². The zero-order chi connectivity index (χ0) is 14.1. The molecule has 6 nitrogen and oxygen atoms in total. The van der Waals surface area contributed by atoms with Gasteiger partial charge in [-0.1, -0.05) is 40.3 Å². The van der Waals surface area contributed by atoms with E-state index in [4.69, 9.17) is 5.73 Å². The van der Waals surface area contributed by atoms with E-state index in [0.717, 1.165) is 22.0 Å². The molecular formula is C13H14N6S. The van der Waals surface area contributed by atoms with E-state index in [0.29, 0.717) is 11.7 Å². The van der Waals surface area contributed by atoms with E-state index in [2.05, 4.69) is 39.6 Å². The highest BCUT2D eigenvalue weighted by Crippen LogP contribution is 2.26. The monoisotopic (exact) mass is 286 g/mol. The third kappa shape index (κ3) is 2.21. The Hall–Kier alpha value is -2.12. The predicted octanol–water partition coefficient (Wildman–Crippen LogP) is 1.86. The van der Waals surface area contributed by atoms with Crippen molar-refractivity contribution in [2.45, 2.75) is 20.4 Å². The SMILES string of the molecule is Cc1cccc(-c2c(CN)nnn2-c2nnc(C)s2)c1. The Morgan fingerprint density at radius 1 is 1.20 bits per heavy atom. The highest BCUT2D eigenvalue weighted by molar-refractivity contribution is 7.13. The standard InChI is InChI=1S/C13H14N6S/c1-8-4-3-5-10(6-8)12-11(7-14)16-18-19(12)13-17-15-9(2)20-13/h3-6H,7,14H2,1-2H3. The maximum Gasteiger partial charge on any atom is 0.234 e. The fourth-order valence-corrected chi connectivity index (χ4v) is 2.68. The van der Waals surface area contributed by atoms with Crippen LogP contribution in [0.25, 0.3) is 16.4 Å². The molecule has 0 radical (unpaired) electrons. The molecule has 0 amide bonds. The van der Waals surface area contributed by atoms with Crippen LogP contribution < -0.4 is 5.73 Å². The molecule has 0 spiro atoms. The van der Waals surface area contributed by atoms with Gasteiger partial charge in [0.05, 0.1) is 0 Å². The lowest BCUT2D eigenvalue weighted by Gasteiger charge is -2.05. The molecule has 2 N–H and O–H groups in total. The number of nitrogens with zero attached hydrogens (tertiary/aromatic N) is 5. The number of benzene rings is 1. The second kappa shape index (κ2) is 5.10. The molecule has 0 atom stereocenters. The van der Waals surface area contributed by atoms with Gasteiger partial charge in [0.25, 0.3) is 0 Å². The second-order valence-electron chi connectivity index (χ2n) is 4.47. The first kappa shape index (κ1) is 12.9. The summed E-state index contributed by atoms with van der Waals surface area (Å²) in [6.45, 7) is 4.30. The van der Waals surface area contributed by atoms with E-state index in [1.807, 2.05) is 19.1 Å². The van der Waals surface area contributed by atoms with Crippen LogP contribution in [0.2, 0.25) is 0 Å². The Balaban J connectivity index is 2.20. The van der Waals surface area contributed by atoms with Crippen molar-refractivity contribution < 1.29 is 0 Å². The van der Waals surface area contributed by atoms with Gasteiger partial charge in [-0.2, -0.15) is 4.68 Å². The predicted molar refractivity (Wildman–Crippen MR) is 77.6 cm³/mol. The van der Waals surface area contributed by atoms with E-state index < -0.39 is 0 Å². The van der Waals surface area contributed by atoms with Crippen molar-refractivity contribution in [3.63, 3.8) is 0 Å². The first-order chi connectivity index (χ1) is 9.69. The third-order valence-electron chi connectivity index (χ3n) is 2.92. The molecule has 1 aromatic carbocycles. The Morgan fingerprint density at radius 3 is 2.70 bits per heavy atom. The van der Waals surface area contributed by atoms with Gasteiger partial charge in [0.2, 0.25) is 5.13 Å². The van der Waals surface area contributed by atoms with Crippen LogP contribution in [0.4, 0.5) is 0 Å². The second-order valence-corrected chi connectivity index (χ2v) is 5.63. The topological polar surface area (TPSA) is 82.5 Å². The van der Waals surface area contributed by atoms with Crippen LogP contribution in [-0.2, 0) is 6.54 Å². The number of hydrogen-bond acceptors (Lipinski definition) is 6. The zero-order valence-corrected chi connectivity index (χ0v) is 12.1. The van der Waals surface area contributed by atoms with Gasteiger partial charge < -0.3 is 5.73 Å². The summed E-state index contributed by atoms with van der Waals surface area (Å²) >= 11 is 1.48. The van der Waals surface area contributed by atoms with Crippen molar-refractivity contribution in [1.29, 1.82) is 0 Å². The minimum absolute atomic E-state index is 0.334. The number of rotatable bonds is 3. The summed E-state index contributed by atoms with van der Waals surface area (Å²) in [4.78, 5) is 0. The molecule has 0 unspecified atom stereocenters. The first-order valence-electron chi connectivity index (χ1n) is 6.21. The Bertz CT molecular complexity index is 745. The van der Waals surface area contributed by atoms with Crippen molar-refractivity contribution in [2.24, 2.45) is 5.73 Å². The van der Waals surface area contributed by atoms with E-state index in [1.54, 1.807) is 4.68 Å². The number of aromatic nitrogens is 5. The van der Waals surface area contributed by atoms with Crippen LogP contribution >= 0.6 is 11.3 Å². The summed E-state index contributed by atoms with van der Waals surface area (Å²) in [5.74, 6) is 0. The van der Waals surface area contributed by atoms with E-state index in [1.165, 1.54) is 16.9 Å². The van der Waals surface area contributed by atoms with Crippen LogP contribution in [0.3, 0.4) is 0 Å². The van der Waals surface area contributed by atoms with Crippen molar-refractivity contribution in [3.8, 4) is 16.4 Å². The highest BCUT2D eigenvalue weighted by atomic mass is 32.1. The van der Waals surface area contributed by atoms with Gasteiger partial charge in [0, 0.05) is 12.1 Å². The van der Waals surface area contributed by atoms with Gasteiger partial charge >= 0.3 is 0 Å². The van der Waals surface area contributed by atoms with Gasteiger partial charge in [-0.05, 0) is 19.9 Å². The molecule has 3 aromatic rings. The summed E-state index contributed by atoms with van der Waals surface area (Å²) < 4.78 is 1.71. The van der Waals surface area contributed by atoms with Crippen LogP contribution in [-0.4, -0.2) is 25.2 Å². The quantitative estimate of drug-likeness (QED) is 0.794. The fraction of sp³-hybridized carbons (Fsp3) is 0.231. The summed E-state index contributed by atoms with van der Waals surface area (Å²) in [7, 11) is 0. The minimum Gasteiger partial charge on any atom is -0.325 e. The molecule has 3 rings (SSSR count). The molecule has 0 saturated heterocycles. The molecule has 20 heavy (non-hydrogen) atoms. The maximum atomic E-state index is 5.77. The smallest absolute Gasteiger partial charge is 0.234 e. The average molecular weight is 286 g/mol. The summed E-state index contributed by atoms with van der Waals surface area (Å²) in [6, 6.07) is 8.17. The van der Waals surface area contributed by atoms with Gasteiger partial charge in [0.1, 0.15) is 16.4 Å². The van der Waals surface area contributed by atoms with Crippen molar-refractivity contribution in [1.82, 2.24) is 25.2 Å². The first-order valence-corrected chi connectivity index (χ1v) is 7.03. The highest BCUT2D eigenvalue weighted by Gasteiger charge is 2.17. The minimum atomic E-state index is 0.334. The Kier molecular flexibility index (Phi) is 3.29. The Labute approximate surface area is 120 Å². The number of aryl methyl sites for hydroxylation is 2. The largest absolute Gasteiger partial charge is 0.325 e. The molecule has 102 valence electrons. The number of hydrogen-bond donors (Lipinski definition) is 1. The lowest BCUT2D eigenvalue weighted by Crippen LogP contribution is -2.02.